The molecule has 0 heterocycles. The first-order valence-electron chi connectivity index (χ1n) is 9.78. The summed E-state index contributed by atoms with van der Waals surface area (Å²) in [5, 5.41) is 13.8. The molecule has 5 nitrogen and oxygen atoms in total. The molecule has 0 saturated carbocycles. The Morgan fingerprint density at radius 2 is 1.53 bits per heavy atom. The van der Waals surface area contributed by atoms with Crippen molar-refractivity contribution in [2.45, 2.75) is 0 Å². The number of rotatable bonds is 6. The Hall–Kier alpha value is -3.65. The molecule has 0 fully saturated rings. The van der Waals surface area contributed by atoms with Crippen molar-refractivity contribution in [1.29, 1.82) is 0 Å². The fourth-order valence-electron chi connectivity index (χ4n) is 3.22. The second-order valence-electron chi connectivity index (χ2n) is 6.95. The van der Waals surface area contributed by atoms with Crippen LogP contribution in [0, 0.1) is 3.57 Å². The molecule has 0 spiro atoms. The molecule has 32 heavy (non-hydrogen) atoms. The van der Waals surface area contributed by atoms with Crippen LogP contribution in [0.5, 0.6) is 11.5 Å². The Labute approximate surface area is 198 Å². The van der Waals surface area contributed by atoms with E-state index in [2.05, 4.69) is 27.9 Å². The van der Waals surface area contributed by atoms with E-state index in [-0.39, 0.29) is 5.70 Å². The van der Waals surface area contributed by atoms with Crippen molar-refractivity contribution in [2.24, 2.45) is 0 Å². The quantitative estimate of drug-likeness (QED) is 0.232. The minimum Gasteiger partial charge on any atom is -0.477 e. The topological polar surface area (TPSA) is 75.6 Å². The third-order valence-corrected chi connectivity index (χ3v) is 5.66. The van der Waals surface area contributed by atoms with E-state index in [4.69, 9.17) is 4.74 Å². The first-order chi connectivity index (χ1) is 15.5. The maximum Gasteiger partial charge on any atom is 0.352 e. The number of nitrogens with one attached hydrogen (secondary N) is 1. The lowest BCUT2D eigenvalue weighted by Crippen LogP contribution is -2.27. The number of aliphatic carboxylic acids is 1. The van der Waals surface area contributed by atoms with Crippen LogP contribution in [0.3, 0.4) is 0 Å². The smallest absolute Gasteiger partial charge is 0.352 e. The number of para-hydroxylation sites is 1. The summed E-state index contributed by atoms with van der Waals surface area (Å²) < 4.78 is 6.85. The summed E-state index contributed by atoms with van der Waals surface area (Å²) in [4.78, 5) is 24.6. The molecule has 2 N–H and O–H groups in total. The summed E-state index contributed by atoms with van der Waals surface area (Å²) in [7, 11) is 0. The van der Waals surface area contributed by atoms with Crippen molar-refractivity contribution in [1.82, 2.24) is 5.32 Å². The van der Waals surface area contributed by atoms with Gasteiger partial charge in [0.05, 0.1) is 3.57 Å². The third-order valence-electron chi connectivity index (χ3n) is 4.77. The van der Waals surface area contributed by atoms with Crippen LogP contribution in [-0.4, -0.2) is 17.0 Å². The number of fused-ring (bicyclic) bond motifs is 1. The minimum absolute atomic E-state index is 0.214. The highest BCUT2D eigenvalue weighted by Crippen LogP contribution is 2.27. The molecule has 158 valence electrons. The van der Waals surface area contributed by atoms with Crippen LogP contribution in [0.1, 0.15) is 15.9 Å². The fraction of sp³-hybridized carbons (Fsp3) is 0. The molecule has 4 rings (SSSR count). The van der Waals surface area contributed by atoms with Gasteiger partial charge in [0, 0.05) is 5.56 Å². The predicted octanol–water partition coefficient (Wildman–Crippen LogP) is 6.09. The molecule has 0 atom stereocenters. The van der Waals surface area contributed by atoms with E-state index < -0.39 is 11.9 Å². The average molecular weight is 535 g/mol. The van der Waals surface area contributed by atoms with Crippen LogP contribution < -0.4 is 10.1 Å². The second kappa shape index (κ2) is 9.65. The highest BCUT2D eigenvalue weighted by atomic mass is 127. The zero-order valence-corrected chi connectivity index (χ0v) is 18.9. The number of hydrogen-bond donors (Lipinski definition) is 2. The van der Waals surface area contributed by atoms with E-state index in [0.29, 0.717) is 16.9 Å². The summed E-state index contributed by atoms with van der Waals surface area (Å²) in [6, 6.07) is 27.4. The highest BCUT2D eigenvalue weighted by molar-refractivity contribution is 14.1. The molecule has 0 saturated heterocycles. The predicted molar refractivity (Wildman–Crippen MR) is 133 cm³/mol. The molecule has 0 aliphatic rings. The monoisotopic (exact) mass is 535 g/mol. The summed E-state index contributed by atoms with van der Waals surface area (Å²) in [5.41, 5.74) is 0.821. The van der Waals surface area contributed by atoms with E-state index in [0.717, 1.165) is 20.1 Å². The van der Waals surface area contributed by atoms with E-state index in [1.165, 1.54) is 6.08 Å². The van der Waals surface area contributed by atoms with Crippen molar-refractivity contribution in [3.63, 3.8) is 0 Å². The number of benzene rings is 4. The fourth-order valence-corrected chi connectivity index (χ4v) is 3.72. The van der Waals surface area contributed by atoms with Gasteiger partial charge in [-0.1, -0.05) is 60.7 Å². The van der Waals surface area contributed by atoms with Crippen molar-refractivity contribution in [2.75, 3.05) is 0 Å². The zero-order valence-electron chi connectivity index (χ0n) is 16.8. The standard InChI is InChI=1S/C26H18INO4/c27-22-10-3-4-11-24(22)32-19-14-12-17(13-15-19)16-23(26(30)31)28-25(29)21-9-5-7-18-6-1-2-8-20(18)21/h1-16H,(H,28,29)(H,30,31)/b23-16-. The van der Waals surface area contributed by atoms with Crippen LogP contribution in [0.15, 0.2) is 96.7 Å². The Morgan fingerprint density at radius 1 is 0.844 bits per heavy atom. The van der Waals surface area contributed by atoms with Gasteiger partial charge >= 0.3 is 5.97 Å². The zero-order chi connectivity index (χ0) is 22.5. The first-order valence-corrected chi connectivity index (χ1v) is 10.9. The Morgan fingerprint density at radius 3 is 2.28 bits per heavy atom. The lowest BCUT2D eigenvalue weighted by molar-refractivity contribution is -0.132. The number of ether oxygens (including phenoxy) is 1. The van der Waals surface area contributed by atoms with Crippen LogP contribution in [0.4, 0.5) is 0 Å². The van der Waals surface area contributed by atoms with Gasteiger partial charge < -0.3 is 15.2 Å². The number of carbonyl (C=O) groups is 2. The average Bonchev–Trinajstić information content (AvgIpc) is 2.80. The van der Waals surface area contributed by atoms with Crippen LogP contribution in [0.25, 0.3) is 16.8 Å². The van der Waals surface area contributed by atoms with E-state index in [9.17, 15) is 14.7 Å². The molecule has 4 aromatic carbocycles. The van der Waals surface area contributed by atoms with Crippen LogP contribution >= 0.6 is 22.6 Å². The molecule has 1 amide bonds. The normalized spacial score (nSPS) is 11.2. The summed E-state index contributed by atoms with van der Waals surface area (Å²) >= 11 is 2.20. The lowest BCUT2D eigenvalue weighted by atomic mass is 10.0. The van der Waals surface area contributed by atoms with E-state index >= 15 is 0 Å². The van der Waals surface area contributed by atoms with Crippen LogP contribution in [0.2, 0.25) is 0 Å². The van der Waals surface area contributed by atoms with E-state index in [1.807, 2.05) is 54.6 Å². The first kappa shape index (κ1) is 21.6. The minimum atomic E-state index is -1.22. The van der Waals surface area contributed by atoms with Gasteiger partial charge in [0.2, 0.25) is 0 Å². The molecule has 4 aromatic rings. The van der Waals surface area contributed by atoms with Gasteiger partial charge in [0.1, 0.15) is 17.2 Å². The Bertz CT molecular complexity index is 1320. The lowest BCUT2D eigenvalue weighted by Gasteiger charge is -2.10. The number of carboxylic acids is 1. The number of halogens is 1. The summed E-state index contributed by atoms with van der Waals surface area (Å²) in [6.45, 7) is 0. The molecule has 0 aliphatic carbocycles. The molecule has 0 aromatic heterocycles. The molecule has 6 heteroatoms. The maximum atomic E-state index is 12.8. The molecular weight excluding hydrogens is 517 g/mol. The van der Waals surface area contributed by atoms with Crippen LogP contribution in [-0.2, 0) is 4.79 Å². The Balaban J connectivity index is 1.55. The van der Waals surface area contributed by atoms with Crippen molar-refractivity contribution < 1.29 is 19.4 Å². The number of hydrogen-bond acceptors (Lipinski definition) is 3. The second-order valence-corrected chi connectivity index (χ2v) is 8.11. The van der Waals surface area contributed by atoms with Crippen molar-refractivity contribution >= 4 is 51.3 Å². The van der Waals surface area contributed by atoms with Gasteiger partial charge in [0.25, 0.3) is 5.91 Å². The van der Waals surface area contributed by atoms with Gasteiger partial charge in [-0.25, -0.2) is 4.79 Å². The molecule has 0 aliphatic heterocycles. The highest BCUT2D eigenvalue weighted by Gasteiger charge is 2.15. The Kier molecular flexibility index (Phi) is 6.51. The van der Waals surface area contributed by atoms with Gasteiger partial charge in [0.15, 0.2) is 0 Å². The molecular formula is C26H18INO4. The third kappa shape index (κ3) is 4.97. The number of carbonyl (C=O) groups excluding carboxylic acids is 1. The van der Waals surface area contributed by atoms with Crippen molar-refractivity contribution in [3.8, 4) is 11.5 Å². The van der Waals surface area contributed by atoms with E-state index in [1.54, 1.807) is 36.4 Å². The van der Waals surface area contributed by atoms with Gasteiger partial charge in [-0.3, -0.25) is 4.79 Å². The molecule has 0 unspecified atom stereocenters. The number of amides is 1. The SMILES string of the molecule is O=C(O)/C(=C/c1ccc(Oc2ccccc2I)cc1)NC(=O)c1cccc2ccccc12. The molecule has 0 radical (unpaired) electrons. The number of carboxylic acid groups (broad SMARTS) is 1. The molecule has 0 bridgehead atoms. The van der Waals surface area contributed by atoms with Crippen molar-refractivity contribution in [3.05, 3.63) is 111 Å². The van der Waals surface area contributed by atoms with Gasteiger partial charge in [-0.15, -0.1) is 0 Å². The largest absolute Gasteiger partial charge is 0.477 e. The van der Waals surface area contributed by atoms with Gasteiger partial charge in [-0.05, 0) is 75.3 Å². The summed E-state index contributed by atoms with van der Waals surface area (Å²) in [5.74, 6) is -0.334. The maximum absolute atomic E-state index is 12.8. The summed E-state index contributed by atoms with van der Waals surface area (Å²) in [6.07, 6.45) is 1.42. The van der Waals surface area contributed by atoms with Gasteiger partial charge in [-0.2, -0.15) is 0 Å².